The van der Waals surface area contributed by atoms with Gasteiger partial charge in [-0.2, -0.15) is 0 Å². The van der Waals surface area contributed by atoms with Crippen molar-refractivity contribution in [2.75, 3.05) is 44.7 Å². The van der Waals surface area contributed by atoms with E-state index in [0.29, 0.717) is 0 Å². The van der Waals surface area contributed by atoms with Gasteiger partial charge in [-0.25, -0.2) is 9.97 Å². The Morgan fingerprint density at radius 1 is 1.15 bits per heavy atom. The van der Waals surface area contributed by atoms with Crippen molar-refractivity contribution in [1.82, 2.24) is 14.9 Å². The molecular formula is C21H26N4OS. The van der Waals surface area contributed by atoms with E-state index in [9.17, 15) is 0 Å². The van der Waals surface area contributed by atoms with Crippen LogP contribution in [0.3, 0.4) is 0 Å². The quantitative estimate of drug-likeness (QED) is 0.677. The maximum Gasteiger partial charge on any atom is 0.138 e. The van der Waals surface area contributed by atoms with Crippen molar-refractivity contribution in [3.8, 4) is 0 Å². The Bertz CT molecular complexity index is 875. The number of morpholine rings is 1. The molecule has 0 saturated carbocycles. The Morgan fingerprint density at radius 2 is 1.96 bits per heavy atom. The number of hydrogen-bond acceptors (Lipinski definition) is 6. The van der Waals surface area contributed by atoms with Crippen LogP contribution in [0.4, 0.5) is 5.82 Å². The van der Waals surface area contributed by atoms with Gasteiger partial charge in [0.1, 0.15) is 16.5 Å². The number of nitrogens with zero attached hydrogens (tertiary/aromatic N) is 3. The summed E-state index contributed by atoms with van der Waals surface area (Å²) in [5.41, 5.74) is 1.24. The molecule has 3 aromatic rings. The third kappa shape index (κ3) is 4.64. The van der Waals surface area contributed by atoms with Gasteiger partial charge in [-0.3, -0.25) is 4.90 Å². The zero-order valence-electron chi connectivity index (χ0n) is 15.8. The van der Waals surface area contributed by atoms with Crippen molar-refractivity contribution in [3.63, 3.8) is 0 Å². The van der Waals surface area contributed by atoms with Crippen LogP contribution in [-0.4, -0.2) is 54.3 Å². The van der Waals surface area contributed by atoms with Crippen LogP contribution in [0.1, 0.15) is 23.2 Å². The molecule has 1 fully saturated rings. The summed E-state index contributed by atoms with van der Waals surface area (Å²) in [4.78, 5) is 14.6. The van der Waals surface area contributed by atoms with Crippen LogP contribution in [0.15, 0.2) is 36.4 Å². The Kier molecular flexibility index (Phi) is 5.97. The Balaban J connectivity index is 1.53. The van der Waals surface area contributed by atoms with Crippen LogP contribution < -0.4 is 5.32 Å². The van der Waals surface area contributed by atoms with Gasteiger partial charge >= 0.3 is 0 Å². The Hall–Kier alpha value is -2.02. The molecule has 3 heterocycles. The number of fused-ring (bicyclic) bond motifs is 1. The van der Waals surface area contributed by atoms with E-state index >= 15 is 0 Å². The molecule has 5 nitrogen and oxygen atoms in total. The second-order valence-corrected chi connectivity index (χ2v) is 7.93. The SMILES string of the molecule is CCc1cc2c(NCCN3CCOCC3)nc(Cc3ccccc3)nc2s1. The van der Waals surface area contributed by atoms with E-state index in [1.165, 1.54) is 10.4 Å². The molecule has 1 aliphatic heterocycles. The molecule has 0 radical (unpaired) electrons. The first-order valence-electron chi connectivity index (χ1n) is 9.69. The summed E-state index contributed by atoms with van der Waals surface area (Å²) in [5, 5.41) is 4.72. The van der Waals surface area contributed by atoms with E-state index in [2.05, 4.69) is 47.5 Å². The van der Waals surface area contributed by atoms with Crippen LogP contribution in [0, 0.1) is 0 Å². The molecule has 6 heteroatoms. The molecule has 0 amide bonds. The minimum absolute atomic E-state index is 0.758. The molecule has 0 spiro atoms. The molecule has 27 heavy (non-hydrogen) atoms. The van der Waals surface area contributed by atoms with Crippen LogP contribution >= 0.6 is 11.3 Å². The molecule has 0 bridgehead atoms. The van der Waals surface area contributed by atoms with Crippen molar-refractivity contribution >= 4 is 27.4 Å². The van der Waals surface area contributed by atoms with E-state index in [1.807, 2.05) is 6.07 Å². The first kappa shape index (κ1) is 18.3. The lowest BCUT2D eigenvalue weighted by Gasteiger charge is -2.26. The highest BCUT2D eigenvalue weighted by atomic mass is 32.1. The first-order valence-corrected chi connectivity index (χ1v) is 10.5. The van der Waals surface area contributed by atoms with Crippen molar-refractivity contribution in [3.05, 3.63) is 52.7 Å². The second-order valence-electron chi connectivity index (χ2n) is 6.82. The molecule has 2 aromatic heterocycles. The third-order valence-corrected chi connectivity index (χ3v) is 6.04. The van der Waals surface area contributed by atoms with Crippen molar-refractivity contribution in [2.45, 2.75) is 19.8 Å². The largest absolute Gasteiger partial charge is 0.379 e. The van der Waals surface area contributed by atoms with E-state index < -0.39 is 0 Å². The molecule has 0 aliphatic carbocycles. The average Bonchev–Trinajstić information content (AvgIpc) is 3.13. The standard InChI is InChI=1S/C21H26N4OS/c1-2-17-15-18-20(22-8-9-25-10-12-26-13-11-25)23-19(24-21(18)27-17)14-16-6-4-3-5-7-16/h3-7,15H,2,8-14H2,1H3,(H,22,23,24). The van der Waals surface area contributed by atoms with Crippen LogP contribution in [0.25, 0.3) is 10.2 Å². The fourth-order valence-corrected chi connectivity index (χ4v) is 4.33. The van der Waals surface area contributed by atoms with E-state index in [-0.39, 0.29) is 0 Å². The maximum absolute atomic E-state index is 5.43. The van der Waals surface area contributed by atoms with Gasteiger partial charge in [0, 0.05) is 37.5 Å². The highest BCUT2D eigenvalue weighted by Crippen LogP contribution is 2.29. The average molecular weight is 383 g/mol. The highest BCUT2D eigenvalue weighted by Gasteiger charge is 2.13. The molecule has 1 N–H and O–H groups in total. The normalized spacial score (nSPS) is 15.3. The molecule has 4 rings (SSSR count). The molecule has 0 unspecified atom stereocenters. The van der Waals surface area contributed by atoms with Crippen molar-refractivity contribution in [1.29, 1.82) is 0 Å². The van der Waals surface area contributed by atoms with Gasteiger partial charge in [0.15, 0.2) is 0 Å². The van der Waals surface area contributed by atoms with Crippen molar-refractivity contribution < 1.29 is 4.74 Å². The molecule has 1 aromatic carbocycles. The van der Waals surface area contributed by atoms with Crippen LogP contribution in [-0.2, 0) is 17.6 Å². The van der Waals surface area contributed by atoms with Crippen LogP contribution in [0.5, 0.6) is 0 Å². The summed E-state index contributed by atoms with van der Waals surface area (Å²) in [5.74, 6) is 1.85. The summed E-state index contributed by atoms with van der Waals surface area (Å²) in [7, 11) is 0. The molecular weight excluding hydrogens is 356 g/mol. The van der Waals surface area contributed by atoms with Gasteiger partial charge in [-0.1, -0.05) is 37.3 Å². The number of thiophene rings is 1. The van der Waals surface area contributed by atoms with Gasteiger partial charge in [-0.05, 0) is 18.1 Å². The number of anilines is 1. The summed E-state index contributed by atoms with van der Waals surface area (Å²) in [6.07, 6.45) is 1.79. The minimum atomic E-state index is 0.758. The van der Waals surface area contributed by atoms with Gasteiger partial charge < -0.3 is 10.1 Å². The summed E-state index contributed by atoms with van der Waals surface area (Å²) in [6, 6.07) is 12.7. The topological polar surface area (TPSA) is 50.3 Å². The fourth-order valence-electron chi connectivity index (χ4n) is 3.34. The smallest absolute Gasteiger partial charge is 0.138 e. The van der Waals surface area contributed by atoms with Gasteiger partial charge in [0.2, 0.25) is 0 Å². The second kappa shape index (κ2) is 8.78. The predicted molar refractivity (Wildman–Crippen MR) is 112 cm³/mol. The zero-order chi connectivity index (χ0) is 18.5. The lowest BCUT2D eigenvalue weighted by atomic mass is 10.1. The monoisotopic (exact) mass is 382 g/mol. The van der Waals surface area contributed by atoms with E-state index in [1.54, 1.807) is 11.3 Å². The van der Waals surface area contributed by atoms with Crippen LogP contribution in [0.2, 0.25) is 0 Å². The molecule has 0 atom stereocenters. The van der Waals surface area contributed by atoms with Crippen molar-refractivity contribution in [2.24, 2.45) is 0 Å². The zero-order valence-corrected chi connectivity index (χ0v) is 16.6. The molecule has 1 saturated heterocycles. The van der Waals surface area contributed by atoms with Gasteiger partial charge in [0.05, 0.1) is 18.6 Å². The highest BCUT2D eigenvalue weighted by molar-refractivity contribution is 7.18. The molecule has 142 valence electrons. The number of aromatic nitrogens is 2. The lowest BCUT2D eigenvalue weighted by Crippen LogP contribution is -2.39. The maximum atomic E-state index is 5.43. The lowest BCUT2D eigenvalue weighted by molar-refractivity contribution is 0.0398. The number of aryl methyl sites for hydroxylation is 1. The number of ether oxygens (including phenoxy) is 1. The van der Waals surface area contributed by atoms with E-state index in [0.717, 1.165) is 74.1 Å². The summed E-state index contributed by atoms with van der Waals surface area (Å²) < 4.78 is 5.43. The van der Waals surface area contributed by atoms with Gasteiger partial charge in [0.25, 0.3) is 0 Å². The van der Waals surface area contributed by atoms with Gasteiger partial charge in [-0.15, -0.1) is 11.3 Å². The Morgan fingerprint density at radius 3 is 2.74 bits per heavy atom. The third-order valence-electron chi connectivity index (χ3n) is 4.87. The number of nitrogens with one attached hydrogen (secondary N) is 1. The predicted octanol–water partition coefficient (Wildman–Crippen LogP) is 3.59. The first-order chi connectivity index (χ1) is 13.3. The minimum Gasteiger partial charge on any atom is -0.379 e. The Labute approximate surface area is 164 Å². The number of benzene rings is 1. The fraction of sp³-hybridized carbons (Fsp3) is 0.429. The molecule has 1 aliphatic rings. The summed E-state index contributed by atoms with van der Waals surface area (Å²) in [6.45, 7) is 7.78. The number of rotatable bonds is 7. The van der Waals surface area contributed by atoms with E-state index in [4.69, 9.17) is 14.7 Å². The summed E-state index contributed by atoms with van der Waals surface area (Å²) >= 11 is 1.78. The number of hydrogen-bond donors (Lipinski definition) is 1.